The number of carbonyl (C=O) groups excluding carboxylic acids is 1. The van der Waals surface area contributed by atoms with Crippen LogP contribution in [0, 0.1) is 0 Å². The quantitative estimate of drug-likeness (QED) is 0.586. The van der Waals surface area contributed by atoms with Crippen molar-refractivity contribution in [1.82, 2.24) is 0 Å². The summed E-state index contributed by atoms with van der Waals surface area (Å²) in [5, 5.41) is 0. The van der Waals surface area contributed by atoms with Crippen molar-refractivity contribution >= 4 is 5.97 Å². The maximum Gasteiger partial charge on any atom is 0.331 e. The van der Waals surface area contributed by atoms with Crippen LogP contribution in [0.2, 0.25) is 0 Å². The average molecular weight is 328 g/mol. The minimum Gasteiger partial charge on any atom is -0.457 e. The van der Waals surface area contributed by atoms with Gasteiger partial charge in [0.05, 0.1) is 6.61 Å². The van der Waals surface area contributed by atoms with Crippen molar-refractivity contribution in [2.45, 2.75) is 84.0 Å². The van der Waals surface area contributed by atoms with Gasteiger partial charge in [-0.15, -0.1) is 0 Å². The first kappa shape index (κ1) is 18.4. The molecule has 2 aliphatic heterocycles. The molecule has 0 saturated carbocycles. The summed E-state index contributed by atoms with van der Waals surface area (Å²) in [5.74, 6) is -1.79. The van der Waals surface area contributed by atoms with Crippen molar-refractivity contribution in [3.05, 3.63) is 12.2 Å². The fourth-order valence-corrected chi connectivity index (χ4v) is 2.64. The Bertz CT molecular complexity index is 474. The molecule has 132 valence electrons. The number of hydrogen-bond acceptors (Lipinski definition) is 6. The molecule has 0 N–H and O–H groups in total. The van der Waals surface area contributed by atoms with E-state index in [9.17, 15) is 4.79 Å². The van der Waals surface area contributed by atoms with Crippen molar-refractivity contribution < 1.29 is 28.5 Å². The molecule has 0 aliphatic carbocycles. The third-order valence-corrected chi connectivity index (χ3v) is 3.39. The van der Waals surface area contributed by atoms with Gasteiger partial charge in [0, 0.05) is 6.08 Å². The van der Waals surface area contributed by atoms with Gasteiger partial charge in [-0.25, -0.2) is 4.79 Å². The lowest BCUT2D eigenvalue weighted by molar-refractivity contribution is -0.174. The van der Waals surface area contributed by atoms with Gasteiger partial charge in [-0.3, -0.25) is 0 Å². The molecule has 0 radical (unpaired) electrons. The van der Waals surface area contributed by atoms with E-state index in [1.807, 2.05) is 48.5 Å². The summed E-state index contributed by atoms with van der Waals surface area (Å²) in [6, 6.07) is 0. The van der Waals surface area contributed by atoms with Crippen molar-refractivity contribution in [1.29, 1.82) is 0 Å². The average Bonchev–Trinajstić information content (AvgIpc) is 2.84. The number of hydrogen-bond donors (Lipinski definition) is 0. The number of carbonyl (C=O) groups is 1. The highest BCUT2D eigenvalue weighted by molar-refractivity contribution is 5.82. The van der Waals surface area contributed by atoms with Gasteiger partial charge in [0.1, 0.15) is 23.9 Å². The Labute approximate surface area is 138 Å². The molecule has 0 amide bonds. The molecule has 2 heterocycles. The number of ether oxygens (including phenoxy) is 5. The van der Waals surface area contributed by atoms with Gasteiger partial charge in [0.2, 0.25) is 0 Å². The van der Waals surface area contributed by atoms with Crippen LogP contribution in [-0.4, -0.2) is 48.1 Å². The van der Waals surface area contributed by atoms with Gasteiger partial charge >= 0.3 is 5.97 Å². The summed E-state index contributed by atoms with van der Waals surface area (Å²) >= 11 is 0. The molecule has 0 spiro atoms. The van der Waals surface area contributed by atoms with Crippen LogP contribution in [0.25, 0.3) is 0 Å². The fourth-order valence-electron chi connectivity index (χ4n) is 2.64. The number of rotatable bonds is 3. The summed E-state index contributed by atoms with van der Waals surface area (Å²) in [7, 11) is 0. The van der Waals surface area contributed by atoms with Crippen molar-refractivity contribution in [3.8, 4) is 0 Å². The SMILES string of the molecule is CC(C)(C)OC(=O)/C=C/C1OC(C)(C)OC1C1COC(C)(C)O1. The van der Waals surface area contributed by atoms with E-state index < -0.39 is 29.2 Å². The monoisotopic (exact) mass is 328 g/mol. The Hall–Kier alpha value is -0.950. The maximum absolute atomic E-state index is 11.8. The first-order chi connectivity index (χ1) is 10.4. The van der Waals surface area contributed by atoms with Crippen molar-refractivity contribution in [2.75, 3.05) is 6.61 Å². The maximum atomic E-state index is 11.8. The normalized spacial score (nSPS) is 33.3. The van der Waals surface area contributed by atoms with E-state index in [4.69, 9.17) is 23.7 Å². The summed E-state index contributed by atoms with van der Waals surface area (Å²) in [4.78, 5) is 11.8. The molecule has 6 heteroatoms. The lowest BCUT2D eigenvalue weighted by Gasteiger charge is -2.23. The van der Waals surface area contributed by atoms with E-state index >= 15 is 0 Å². The molecule has 2 aliphatic rings. The Morgan fingerprint density at radius 2 is 1.74 bits per heavy atom. The number of esters is 1. The van der Waals surface area contributed by atoms with E-state index in [0.717, 1.165) is 0 Å². The first-order valence-corrected chi connectivity index (χ1v) is 7.95. The highest BCUT2D eigenvalue weighted by Gasteiger charge is 2.48. The Morgan fingerprint density at radius 1 is 1.09 bits per heavy atom. The molecule has 3 unspecified atom stereocenters. The standard InChI is InChI=1S/C17H28O6/c1-15(2,3)22-13(18)9-8-11-14(23-17(6,7)20-11)12-10-19-16(4,5)21-12/h8-9,11-12,14H,10H2,1-7H3/b9-8+. The smallest absolute Gasteiger partial charge is 0.331 e. The molecule has 0 bridgehead atoms. The predicted molar refractivity (Wildman–Crippen MR) is 83.7 cm³/mol. The van der Waals surface area contributed by atoms with Crippen LogP contribution < -0.4 is 0 Å². The lowest BCUT2D eigenvalue weighted by atomic mass is 10.1. The molecular weight excluding hydrogens is 300 g/mol. The van der Waals surface area contributed by atoms with Crippen LogP contribution in [-0.2, 0) is 28.5 Å². The molecule has 0 aromatic rings. The highest BCUT2D eigenvalue weighted by Crippen LogP contribution is 2.36. The van der Waals surface area contributed by atoms with Gasteiger partial charge in [-0.2, -0.15) is 0 Å². The Morgan fingerprint density at radius 3 is 2.26 bits per heavy atom. The molecule has 6 nitrogen and oxygen atoms in total. The molecule has 0 aromatic carbocycles. The Balaban J connectivity index is 2.05. The highest BCUT2D eigenvalue weighted by atomic mass is 16.8. The second kappa shape index (κ2) is 6.16. The van der Waals surface area contributed by atoms with Gasteiger partial charge in [0.15, 0.2) is 11.6 Å². The van der Waals surface area contributed by atoms with Crippen molar-refractivity contribution in [2.24, 2.45) is 0 Å². The van der Waals surface area contributed by atoms with Gasteiger partial charge in [0.25, 0.3) is 0 Å². The molecule has 2 saturated heterocycles. The van der Waals surface area contributed by atoms with Crippen LogP contribution in [0.3, 0.4) is 0 Å². The van der Waals surface area contributed by atoms with Crippen molar-refractivity contribution in [3.63, 3.8) is 0 Å². The topological polar surface area (TPSA) is 63.2 Å². The summed E-state index contributed by atoms with van der Waals surface area (Å²) < 4.78 is 28.5. The zero-order valence-electron chi connectivity index (χ0n) is 15.0. The minimum absolute atomic E-state index is 0.250. The van der Waals surface area contributed by atoms with E-state index in [1.54, 1.807) is 6.08 Å². The molecule has 3 atom stereocenters. The second-order valence-corrected chi connectivity index (χ2v) is 7.82. The van der Waals surface area contributed by atoms with Crippen LogP contribution in [0.1, 0.15) is 48.5 Å². The van der Waals surface area contributed by atoms with E-state index in [2.05, 4.69) is 0 Å². The zero-order chi connectivity index (χ0) is 17.5. The van der Waals surface area contributed by atoms with Crippen LogP contribution in [0.5, 0.6) is 0 Å². The molecule has 0 aromatic heterocycles. The summed E-state index contributed by atoms with van der Waals surface area (Å²) in [6.07, 6.45) is 2.06. The fraction of sp³-hybridized carbons (Fsp3) is 0.824. The van der Waals surface area contributed by atoms with E-state index in [-0.39, 0.29) is 12.2 Å². The molecular formula is C17H28O6. The third kappa shape index (κ3) is 5.28. The van der Waals surface area contributed by atoms with Gasteiger partial charge in [-0.05, 0) is 54.5 Å². The Kier molecular flexibility index (Phi) is 4.93. The predicted octanol–water partition coefficient (Wildman–Crippen LogP) is 2.56. The van der Waals surface area contributed by atoms with Crippen LogP contribution >= 0.6 is 0 Å². The van der Waals surface area contributed by atoms with E-state index in [1.165, 1.54) is 6.08 Å². The largest absolute Gasteiger partial charge is 0.457 e. The lowest BCUT2D eigenvalue weighted by Crippen LogP contribution is -2.37. The summed E-state index contributed by atoms with van der Waals surface area (Å²) in [5.41, 5.74) is -0.528. The third-order valence-electron chi connectivity index (χ3n) is 3.39. The van der Waals surface area contributed by atoms with Crippen LogP contribution in [0.4, 0.5) is 0 Å². The van der Waals surface area contributed by atoms with Gasteiger partial charge in [-0.1, -0.05) is 0 Å². The van der Waals surface area contributed by atoms with E-state index in [0.29, 0.717) is 6.61 Å². The first-order valence-electron chi connectivity index (χ1n) is 7.95. The zero-order valence-corrected chi connectivity index (χ0v) is 15.0. The van der Waals surface area contributed by atoms with Gasteiger partial charge < -0.3 is 23.7 Å². The molecule has 2 fully saturated rings. The van der Waals surface area contributed by atoms with Crippen LogP contribution in [0.15, 0.2) is 12.2 Å². The minimum atomic E-state index is -0.746. The second-order valence-electron chi connectivity index (χ2n) is 7.82. The molecule has 23 heavy (non-hydrogen) atoms. The molecule has 2 rings (SSSR count). The summed E-state index contributed by atoms with van der Waals surface area (Å²) in [6.45, 7) is 13.3.